The van der Waals surface area contributed by atoms with Crippen LogP contribution in [0.1, 0.15) is 19.3 Å². The van der Waals surface area contributed by atoms with Gasteiger partial charge in [0.1, 0.15) is 11.0 Å². The summed E-state index contributed by atoms with van der Waals surface area (Å²) in [6.07, 6.45) is 3.55. The summed E-state index contributed by atoms with van der Waals surface area (Å²) in [4.78, 5) is 11.3. The number of pyridine rings is 2. The highest BCUT2D eigenvalue weighted by Crippen LogP contribution is 2.45. The van der Waals surface area contributed by atoms with Crippen molar-refractivity contribution in [3.05, 3.63) is 29.4 Å². The molecule has 2 aliphatic rings. The third-order valence-corrected chi connectivity index (χ3v) is 5.04. The molecule has 4 rings (SSSR count). The summed E-state index contributed by atoms with van der Waals surface area (Å²) in [6, 6.07) is 7.66. The average molecular weight is 311 g/mol. The van der Waals surface area contributed by atoms with Crippen molar-refractivity contribution in [3.8, 4) is 5.97 Å². The molecule has 6 heteroatoms. The third-order valence-electron chi connectivity index (χ3n) is 4.83. The lowest BCUT2D eigenvalue weighted by molar-refractivity contribution is 0.908. The van der Waals surface area contributed by atoms with Crippen LogP contribution in [0.25, 0.3) is 11.0 Å². The zero-order valence-electron chi connectivity index (χ0n) is 12.2. The van der Waals surface area contributed by atoms with Gasteiger partial charge in [-0.2, -0.15) is 0 Å². The third kappa shape index (κ3) is 2.52. The SMILES string of the molecule is N#CB(C1CC1)C1CCN(c2ccc3nc(Cl)ccc3n2)C1. The van der Waals surface area contributed by atoms with Crippen molar-refractivity contribution in [1.29, 1.82) is 5.26 Å². The Balaban J connectivity index is 1.55. The molecule has 0 N–H and O–H groups in total. The molecule has 0 aromatic carbocycles. The molecule has 110 valence electrons. The van der Waals surface area contributed by atoms with Gasteiger partial charge in [0.05, 0.1) is 11.0 Å². The maximum Gasteiger partial charge on any atom is 0.275 e. The quantitative estimate of drug-likeness (QED) is 0.642. The van der Waals surface area contributed by atoms with Crippen molar-refractivity contribution in [2.24, 2.45) is 0 Å². The van der Waals surface area contributed by atoms with Crippen molar-refractivity contribution in [2.75, 3.05) is 18.0 Å². The number of fused-ring (bicyclic) bond motifs is 1. The van der Waals surface area contributed by atoms with Crippen molar-refractivity contribution in [3.63, 3.8) is 0 Å². The first kappa shape index (κ1) is 13.8. The fourth-order valence-corrected chi connectivity index (χ4v) is 3.64. The molecule has 0 bridgehead atoms. The summed E-state index contributed by atoms with van der Waals surface area (Å²) in [5, 5.41) is 9.91. The Morgan fingerprint density at radius 2 is 1.86 bits per heavy atom. The van der Waals surface area contributed by atoms with E-state index in [1.165, 1.54) is 12.8 Å². The fourth-order valence-electron chi connectivity index (χ4n) is 3.49. The van der Waals surface area contributed by atoms with Crippen LogP contribution in [-0.4, -0.2) is 29.8 Å². The number of hydrogen-bond acceptors (Lipinski definition) is 4. The minimum atomic E-state index is 0.228. The summed E-state index contributed by atoms with van der Waals surface area (Å²) in [6.45, 7) is 2.15. The summed E-state index contributed by atoms with van der Waals surface area (Å²) in [5.74, 6) is 4.65. The Bertz CT molecular complexity index is 755. The lowest BCUT2D eigenvalue weighted by Gasteiger charge is -2.18. The van der Waals surface area contributed by atoms with Crippen LogP contribution in [0.15, 0.2) is 24.3 Å². The Morgan fingerprint density at radius 1 is 1.09 bits per heavy atom. The van der Waals surface area contributed by atoms with Gasteiger partial charge in [0.15, 0.2) is 0 Å². The highest BCUT2D eigenvalue weighted by Gasteiger charge is 2.43. The molecule has 2 aromatic heterocycles. The minimum absolute atomic E-state index is 0.228. The van der Waals surface area contributed by atoms with Gasteiger partial charge in [-0.25, -0.2) is 15.2 Å². The lowest BCUT2D eigenvalue weighted by Crippen LogP contribution is -2.25. The van der Waals surface area contributed by atoms with Gasteiger partial charge in [-0.3, -0.25) is 0 Å². The number of nitriles is 1. The number of rotatable bonds is 3. The first-order chi connectivity index (χ1) is 10.7. The Morgan fingerprint density at radius 3 is 2.64 bits per heavy atom. The maximum atomic E-state index is 9.42. The van der Waals surface area contributed by atoms with E-state index in [-0.39, 0.29) is 6.71 Å². The van der Waals surface area contributed by atoms with Crippen LogP contribution in [0.2, 0.25) is 16.8 Å². The molecular weight excluding hydrogens is 294 g/mol. The zero-order valence-corrected chi connectivity index (χ0v) is 13.0. The molecule has 1 saturated heterocycles. The molecule has 22 heavy (non-hydrogen) atoms. The van der Waals surface area contributed by atoms with E-state index < -0.39 is 0 Å². The molecule has 0 spiro atoms. The molecule has 2 fully saturated rings. The summed E-state index contributed by atoms with van der Waals surface area (Å²) in [5.41, 5.74) is 1.68. The van der Waals surface area contributed by atoms with Crippen LogP contribution in [0.4, 0.5) is 5.82 Å². The van der Waals surface area contributed by atoms with Crippen molar-refractivity contribution in [2.45, 2.75) is 30.9 Å². The second kappa shape index (κ2) is 5.44. The minimum Gasteiger partial charge on any atom is -0.357 e. The predicted octanol–water partition coefficient (Wildman–Crippen LogP) is 3.59. The van der Waals surface area contributed by atoms with E-state index in [1.54, 1.807) is 6.07 Å². The molecular formula is C16H16BClN4. The smallest absolute Gasteiger partial charge is 0.275 e. The standard InChI is InChI=1S/C16H16BClN4/c18-15-5-3-14-13(20-15)4-6-16(21-14)22-8-7-12(9-22)17(10-19)11-1-2-11/h3-6,11-12H,1-2,7-9H2. The second-order valence-electron chi connectivity index (χ2n) is 6.33. The van der Waals surface area contributed by atoms with Gasteiger partial charge in [0.25, 0.3) is 6.71 Å². The Hall–Kier alpha value is -1.80. The number of hydrogen-bond donors (Lipinski definition) is 0. The highest BCUT2D eigenvalue weighted by atomic mass is 35.5. The van der Waals surface area contributed by atoms with Crippen LogP contribution in [0.3, 0.4) is 0 Å². The molecule has 0 radical (unpaired) electrons. The van der Waals surface area contributed by atoms with Crippen LogP contribution in [-0.2, 0) is 0 Å². The normalized spacial score (nSPS) is 21.1. The van der Waals surface area contributed by atoms with Crippen LogP contribution >= 0.6 is 11.6 Å². The van der Waals surface area contributed by atoms with E-state index in [4.69, 9.17) is 16.6 Å². The molecule has 3 heterocycles. The topological polar surface area (TPSA) is 52.8 Å². The second-order valence-corrected chi connectivity index (χ2v) is 6.72. The first-order valence-corrected chi connectivity index (χ1v) is 8.20. The number of nitrogens with zero attached hydrogens (tertiary/aromatic N) is 4. The molecule has 1 aliphatic heterocycles. The van der Waals surface area contributed by atoms with Crippen LogP contribution in [0, 0.1) is 11.2 Å². The van der Waals surface area contributed by atoms with Gasteiger partial charge < -0.3 is 4.90 Å². The summed E-state index contributed by atoms with van der Waals surface area (Å²) >= 11 is 5.91. The van der Waals surface area contributed by atoms with Crippen LogP contribution < -0.4 is 4.90 Å². The average Bonchev–Trinajstić information content (AvgIpc) is 3.24. The molecule has 1 saturated carbocycles. The zero-order chi connectivity index (χ0) is 15.1. The summed E-state index contributed by atoms with van der Waals surface area (Å²) in [7, 11) is 0. The van der Waals surface area contributed by atoms with Crippen molar-refractivity contribution in [1.82, 2.24) is 9.97 Å². The predicted molar refractivity (Wildman–Crippen MR) is 89.5 cm³/mol. The first-order valence-electron chi connectivity index (χ1n) is 7.82. The van der Waals surface area contributed by atoms with Crippen molar-refractivity contribution < 1.29 is 0 Å². The maximum absolute atomic E-state index is 9.42. The summed E-state index contributed by atoms with van der Waals surface area (Å²) < 4.78 is 0. The van der Waals surface area contributed by atoms with Gasteiger partial charge in [0, 0.05) is 19.1 Å². The van der Waals surface area contributed by atoms with Gasteiger partial charge in [0.2, 0.25) is 0 Å². The number of aromatic nitrogens is 2. The van der Waals surface area contributed by atoms with E-state index in [0.717, 1.165) is 36.4 Å². The highest BCUT2D eigenvalue weighted by molar-refractivity contribution is 6.70. The van der Waals surface area contributed by atoms with E-state index in [1.807, 2.05) is 18.2 Å². The monoisotopic (exact) mass is 310 g/mol. The van der Waals surface area contributed by atoms with Crippen molar-refractivity contribution >= 4 is 35.2 Å². The van der Waals surface area contributed by atoms with Gasteiger partial charge in [-0.1, -0.05) is 24.4 Å². The molecule has 2 aromatic rings. The number of halogens is 1. The molecule has 1 atom stereocenters. The van der Waals surface area contributed by atoms with Gasteiger partial charge in [-0.05, 0) is 42.3 Å². The molecule has 4 nitrogen and oxygen atoms in total. The van der Waals surface area contributed by atoms with Gasteiger partial charge >= 0.3 is 0 Å². The Kier molecular flexibility index (Phi) is 3.42. The molecule has 1 aliphatic carbocycles. The molecule has 0 amide bonds. The molecule has 1 unspecified atom stereocenters. The lowest BCUT2D eigenvalue weighted by atomic mass is 9.38. The number of anilines is 1. The van der Waals surface area contributed by atoms with Gasteiger partial charge in [-0.15, -0.1) is 0 Å². The van der Waals surface area contributed by atoms with E-state index in [9.17, 15) is 5.26 Å². The largest absolute Gasteiger partial charge is 0.357 e. The van der Waals surface area contributed by atoms with E-state index >= 15 is 0 Å². The Labute approximate surface area is 135 Å². The fraction of sp³-hybridized carbons (Fsp3) is 0.438. The van der Waals surface area contributed by atoms with E-state index in [0.29, 0.717) is 16.8 Å². The van der Waals surface area contributed by atoms with Crippen LogP contribution in [0.5, 0.6) is 0 Å². The van der Waals surface area contributed by atoms with E-state index in [2.05, 4.69) is 15.9 Å².